The van der Waals surface area contributed by atoms with E-state index in [0.717, 1.165) is 50.1 Å². The summed E-state index contributed by atoms with van der Waals surface area (Å²) in [6.07, 6.45) is 6.25. The highest BCUT2D eigenvalue weighted by Crippen LogP contribution is 2.39. The van der Waals surface area contributed by atoms with Crippen LogP contribution in [-0.4, -0.2) is 63.4 Å². The van der Waals surface area contributed by atoms with Gasteiger partial charge in [-0.15, -0.1) is 10.2 Å². The molecule has 2 aliphatic rings. The second-order valence-corrected chi connectivity index (χ2v) is 7.14. The molecule has 2 fully saturated rings. The maximum absolute atomic E-state index is 5.49. The van der Waals surface area contributed by atoms with E-state index in [1.54, 1.807) is 0 Å². The predicted octanol–water partition coefficient (Wildman–Crippen LogP) is 1.77. The summed E-state index contributed by atoms with van der Waals surface area (Å²) >= 11 is 0. The third-order valence-corrected chi connectivity index (χ3v) is 5.06. The fourth-order valence-corrected chi connectivity index (χ4v) is 3.49. The molecule has 2 aromatic heterocycles. The number of morpholine rings is 1. The van der Waals surface area contributed by atoms with Gasteiger partial charge in [0.2, 0.25) is 5.65 Å². The van der Waals surface area contributed by atoms with Crippen LogP contribution in [0.4, 0.5) is 5.82 Å². The van der Waals surface area contributed by atoms with Crippen molar-refractivity contribution in [3.8, 4) is 0 Å². The van der Waals surface area contributed by atoms with Crippen molar-refractivity contribution in [2.75, 3.05) is 38.2 Å². The maximum atomic E-state index is 5.49. The van der Waals surface area contributed by atoms with E-state index < -0.39 is 0 Å². The first-order valence-electron chi connectivity index (χ1n) is 8.99. The van der Waals surface area contributed by atoms with E-state index in [9.17, 15) is 0 Å². The van der Waals surface area contributed by atoms with E-state index in [1.165, 1.54) is 12.8 Å². The molecule has 3 heterocycles. The lowest BCUT2D eigenvalue weighted by Crippen LogP contribution is -2.49. The summed E-state index contributed by atoms with van der Waals surface area (Å²) < 4.78 is 7.57. The molecule has 1 unspecified atom stereocenters. The topological polar surface area (TPSA) is 67.6 Å². The fraction of sp³-hybridized carbons (Fsp3) is 0.706. The monoisotopic (exact) mass is 330 g/mol. The lowest BCUT2D eigenvalue weighted by atomic mass is 10.0. The molecule has 1 aliphatic carbocycles. The summed E-state index contributed by atoms with van der Waals surface area (Å²) in [6.45, 7) is 9.06. The Hall–Kier alpha value is -1.73. The third kappa shape index (κ3) is 3.10. The molecule has 130 valence electrons. The molecule has 7 nitrogen and oxygen atoms in total. The lowest BCUT2D eigenvalue weighted by molar-refractivity contribution is 0.00953. The molecule has 0 bridgehead atoms. The van der Waals surface area contributed by atoms with Gasteiger partial charge in [0.1, 0.15) is 5.82 Å². The number of hydrogen-bond acceptors (Lipinski definition) is 6. The van der Waals surface area contributed by atoms with Gasteiger partial charge in [0.25, 0.3) is 0 Å². The highest BCUT2D eigenvalue weighted by molar-refractivity contribution is 5.62. The molecule has 0 aromatic carbocycles. The Kier molecular flexibility index (Phi) is 4.37. The summed E-state index contributed by atoms with van der Waals surface area (Å²) in [4.78, 5) is 7.01. The molecule has 1 saturated carbocycles. The molecule has 1 atom stereocenters. The number of ether oxygens (including phenoxy) is 1. The molecule has 1 N–H and O–H groups in total. The summed E-state index contributed by atoms with van der Waals surface area (Å²) in [5.74, 6) is 3.04. The van der Waals surface area contributed by atoms with Crippen LogP contribution < -0.4 is 5.32 Å². The minimum Gasteiger partial charge on any atom is -0.379 e. The second-order valence-electron chi connectivity index (χ2n) is 7.14. The normalized spacial score (nSPS) is 20.6. The average molecular weight is 330 g/mol. The standard InChI is InChI=1S/C17H26N6O/c1-12(2)14(22-7-9-24-10-8-22)11-19-15-17-21-20-16(13-3-4-13)23(17)6-5-18-15/h5-6,12-14H,3-4,7-11H2,1-2H3,(H,18,19). The zero-order chi connectivity index (χ0) is 16.5. The number of hydrogen-bond donors (Lipinski definition) is 1. The third-order valence-electron chi connectivity index (χ3n) is 5.06. The number of nitrogens with zero attached hydrogens (tertiary/aromatic N) is 5. The summed E-state index contributed by atoms with van der Waals surface area (Å²) in [5, 5.41) is 12.3. The molecular weight excluding hydrogens is 304 g/mol. The van der Waals surface area contributed by atoms with E-state index in [-0.39, 0.29) is 0 Å². The molecule has 4 rings (SSSR count). The van der Waals surface area contributed by atoms with Crippen LogP contribution >= 0.6 is 0 Å². The van der Waals surface area contributed by atoms with Crippen molar-refractivity contribution in [3.05, 3.63) is 18.2 Å². The molecule has 0 amide bonds. The summed E-state index contributed by atoms with van der Waals surface area (Å²) in [6, 6.07) is 0.460. The van der Waals surface area contributed by atoms with Crippen molar-refractivity contribution in [2.45, 2.75) is 38.6 Å². The summed E-state index contributed by atoms with van der Waals surface area (Å²) in [7, 11) is 0. The Labute approximate surface area is 142 Å². The minimum atomic E-state index is 0.460. The van der Waals surface area contributed by atoms with Crippen LogP contribution in [0.2, 0.25) is 0 Å². The molecule has 2 aromatic rings. The first-order chi connectivity index (χ1) is 11.7. The molecule has 0 spiro atoms. The van der Waals surface area contributed by atoms with Crippen molar-refractivity contribution in [2.24, 2.45) is 5.92 Å². The van der Waals surface area contributed by atoms with Gasteiger partial charge in [-0.25, -0.2) is 4.98 Å². The smallest absolute Gasteiger partial charge is 0.203 e. The van der Waals surface area contributed by atoms with Crippen LogP contribution in [0.1, 0.15) is 38.4 Å². The van der Waals surface area contributed by atoms with Crippen LogP contribution in [0, 0.1) is 5.92 Å². The number of fused-ring (bicyclic) bond motifs is 1. The van der Waals surface area contributed by atoms with Gasteiger partial charge in [0.15, 0.2) is 5.82 Å². The predicted molar refractivity (Wildman–Crippen MR) is 92.3 cm³/mol. The number of rotatable bonds is 6. The van der Waals surface area contributed by atoms with Gasteiger partial charge in [0, 0.05) is 44.0 Å². The fourth-order valence-electron chi connectivity index (χ4n) is 3.49. The number of anilines is 1. The quantitative estimate of drug-likeness (QED) is 0.871. The van der Waals surface area contributed by atoms with Crippen LogP contribution in [-0.2, 0) is 4.74 Å². The van der Waals surface area contributed by atoms with E-state index >= 15 is 0 Å². The molecule has 0 radical (unpaired) electrons. The molecular formula is C17H26N6O. The van der Waals surface area contributed by atoms with Gasteiger partial charge in [0.05, 0.1) is 13.2 Å². The average Bonchev–Trinajstić information content (AvgIpc) is 3.35. The van der Waals surface area contributed by atoms with Gasteiger partial charge in [-0.3, -0.25) is 9.30 Å². The van der Waals surface area contributed by atoms with E-state index in [1.807, 2.05) is 12.4 Å². The Morgan fingerprint density at radius 2 is 2.04 bits per heavy atom. The van der Waals surface area contributed by atoms with Gasteiger partial charge in [-0.05, 0) is 18.8 Å². The number of aromatic nitrogens is 4. The zero-order valence-corrected chi connectivity index (χ0v) is 14.5. The Morgan fingerprint density at radius 1 is 1.25 bits per heavy atom. The van der Waals surface area contributed by atoms with E-state index in [4.69, 9.17) is 4.74 Å². The second kappa shape index (κ2) is 6.64. The van der Waals surface area contributed by atoms with Crippen LogP contribution in [0.5, 0.6) is 0 Å². The SMILES string of the molecule is CC(C)C(CNc1nccn2c(C3CC3)nnc12)N1CCOCC1. The van der Waals surface area contributed by atoms with Gasteiger partial charge >= 0.3 is 0 Å². The Bertz CT molecular complexity index is 689. The molecule has 24 heavy (non-hydrogen) atoms. The molecule has 1 aliphatic heterocycles. The number of nitrogens with one attached hydrogen (secondary N) is 1. The largest absolute Gasteiger partial charge is 0.379 e. The zero-order valence-electron chi connectivity index (χ0n) is 14.5. The van der Waals surface area contributed by atoms with E-state index in [0.29, 0.717) is 17.9 Å². The first-order valence-corrected chi connectivity index (χ1v) is 8.99. The first kappa shape index (κ1) is 15.8. The van der Waals surface area contributed by atoms with Crippen LogP contribution in [0.25, 0.3) is 5.65 Å². The van der Waals surface area contributed by atoms with Gasteiger partial charge < -0.3 is 10.1 Å². The highest BCUT2D eigenvalue weighted by atomic mass is 16.5. The highest BCUT2D eigenvalue weighted by Gasteiger charge is 2.29. The van der Waals surface area contributed by atoms with Crippen molar-refractivity contribution in [1.82, 2.24) is 24.5 Å². The van der Waals surface area contributed by atoms with Gasteiger partial charge in [-0.1, -0.05) is 13.8 Å². The Balaban J connectivity index is 1.50. The van der Waals surface area contributed by atoms with Crippen molar-refractivity contribution in [1.29, 1.82) is 0 Å². The van der Waals surface area contributed by atoms with Crippen LogP contribution in [0.3, 0.4) is 0 Å². The molecule has 1 saturated heterocycles. The molecule has 7 heteroatoms. The van der Waals surface area contributed by atoms with Gasteiger partial charge in [-0.2, -0.15) is 0 Å². The summed E-state index contributed by atoms with van der Waals surface area (Å²) in [5.41, 5.74) is 0.837. The Morgan fingerprint density at radius 3 is 2.75 bits per heavy atom. The van der Waals surface area contributed by atoms with E-state index in [2.05, 4.69) is 43.6 Å². The maximum Gasteiger partial charge on any atom is 0.203 e. The van der Waals surface area contributed by atoms with Crippen molar-refractivity contribution < 1.29 is 4.74 Å². The minimum absolute atomic E-state index is 0.460. The van der Waals surface area contributed by atoms with Crippen molar-refractivity contribution in [3.63, 3.8) is 0 Å². The lowest BCUT2D eigenvalue weighted by Gasteiger charge is -2.37. The van der Waals surface area contributed by atoms with Crippen molar-refractivity contribution >= 4 is 11.5 Å². The van der Waals surface area contributed by atoms with Crippen LogP contribution in [0.15, 0.2) is 12.4 Å².